The summed E-state index contributed by atoms with van der Waals surface area (Å²) >= 11 is 0. The number of carbonyl (C=O) groups excluding carboxylic acids is 1. The van der Waals surface area contributed by atoms with Gasteiger partial charge in [0.05, 0.1) is 12.3 Å². The Hall–Kier alpha value is -3.48. The van der Waals surface area contributed by atoms with Gasteiger partial charge >= 0.3 is 0 Å². The van der Waals surface area contributed by atoms with Gasteiger partial charge in [-0.1, -0.05) is 49.6 Å². The van der Waals surface area contributed by atoms with E-state index in [-0.39, 0.29) is 18.0 Å². The molecule has 3 aromatic rings. The van der Waals surface area contributed by atoms with Gasteiger partial charge < -0.3 is 10.1 Å². The third kappa shape index (κ3) is 5.57. The number of rotatable bonds is 7. The van der Waals surface area contributed by atoms with Crippen LogP contribution in [0.4, 0.5) is 5.82 Å². The summed E-state index contributed by atoms with van der Waals surface area (Å²) in [4.78, 5) is 29.1. The van der Waals surface area contributed by atoms with Crippen molar-refractivity contribution in [3.05, 3.63) is 71.1 Å². The van der Waals surface area contributed by atoms with Crippen molar-refractivity contribution in [3.8, 4) is 17.0 Å². The van der Waals surface area contributed by atoms with Crippen molar-refractivity contribution >= 4 is 11.7 Å². The Morgan fingerprint density at radius 3 is 2.65 bits per heavy atom. The monoisotopic (exact) mass is 418 g/mol. The van der Waals surface area contributed by atoms with Gasteiger partial charge in [-0.2, -0.15) is 5.10 Å². The zero-order valence-corrected chi connectivity index (χ0v) is 17.4. The van der Waals surface area contributed by atoms with Crippen LogP contribution in [-0.2, 0) is 11.3 Å². The van der Waals surface area contributed by atoms with Crippen LogP contribution in [0.3, 0.4) is 0 Å². The second-order valence-electron chi connectivity index (χ2n) is 7.79. The Balaban J connectivity index is 1.43. The quantitative estimate of drug-likeness (QED) is 0.629. The second-order valence-corrected chi connectivity index (χ2v) is 7.79. The normalized spacial score (nSPS) is 14.2. The summed E-state index contributed by atoms with van der Waals surface area (Å²) < 4.78 is 7.12. The van der Waals surface area contributed by atoms with E-state index >= 15 is 0 Å². The summed E-state index contributed by atoms with van der Waals surface area (Å²) in [5.41, 5.74) is 1.16. The number of benzene rings is 1. The number of anilines is 1. The van der Waals surface area contributed by atoms with Gasteiger partial charge in [0, 0.05) is 17.8 Å². The van der Waals surface area contributed by atoms with E-state index in [0.717, 1.165) is 10.2 Å². The number of aromatic nitrogens is 3. The molecule has 0 bridgehead atoms. The minimum Gasteiger partial charge on any atom is -0.489 e. The number of nitrogens with one attached hydrogen (secondary N) is 1. The lowest BCUT2D eigenvalue weighted by Gasteiger charge is -2.22. The number of nitrogens with zero attached hydrogens (tertiary/aromatic N) is 3. The summed E-state index contributed by atoms with van der Waals surface area (Å²) in [6.07, 6.45) is 7.73. The van der Waals surface area contributed by atoms with Crippen molar-refractivity contribution < 1.29 is 9.53 Å². The molecule has 1 aliphatic rings. The minimum absolute atomic E-state index is 0.210. The van der Waals surface area contributed by atoms with Crippen LogP contribution in [0.15, 0.2) is 65.6 Å². The zero-order valence-electron chi connectivity index (χ0n) is 17.4. The van der Waals surface area contributed by atoms with Crippen LogP contribution in [0, 0.1) is 5.92 Å². The number of pyridine rings is 1. The molecule has 1 aliphatic carbocycles. The fourth-order valence-corrected chi connectivity index (χ4v) is 3.80. The van der Waals surface area contributed by atoms with Gasteiger partial charge in [0.2, 0.25) is 5.91 Å². The molecule has 1 N–H and O–H groups in total. The van der Waals surface area contributed by atoms with E-state index in [1.165, 1.54) is 38.2 Å². The molecule has 31 heavy (non-hydrogen) atoms. The van der Waals surface area contributed by atoms with Crippen molar-refractivity contribution in [1.29, 1.82) is 0 Å². The zero-order chi connectivity index (χ0) is 21.5. The number of carbonyl (C=O) groups is 1. The standard InChI is InChI=1S/C24H26N4O3/c29-22(16-28-23(30)14-13-20(27-28)19-10-5-2-6-11-19)26-24-21(12-7-15-25-24)31-17-18-8-3-1-4-9-18/h2,5-7,10-15,18H,1,3-4,8-9,16-17H2,(H,25,26,29). The molecule has 0 atom stereocenters. The van der Waals surface area contributed by atoms with E-state index < -0.39 is 0 Å². The molecule has 2 aromatic heterocycles. The predicted molar refractivity (Wildman–Crippen MR) is 119 cm³/mol. The van der Waals surface area contributed by atoms with E-state index in [9.17, 15) is 9.59 Å². The van der Waals surface area contributed by atoms with E-state index in [4.69, 9.17) is 4.74 Å². The average Bonchev–Trinajstić information content (AvgIpc) is 2.81. The molecule has 160 valence electrons. The molecule has 0 unspecified atom stereocenters. The van der Waals surface area contributed by atoms with Crippen LogP contribution in [-0.4, -0.2) is 27.3 Å². The molecule has 1 amide bonds. The van der Waals surface area contributed by atoms with Crippen LogP contribution in [0.1, 0.15) is 32.1 Å². The van der Waals surface area contributed by atoms with Gasteiger partial charge in [0.1, 0.15) is 6.54 Å². The van der Waals surface area contributed by atoms with Gasteiger partial charge in [0.25, 0.3) is 5.56 Å². The highest BCUT2D eigenvalue weighted by atomic mass is 16.5. The van der Waals surface area contributed by atoms with Gasteiger partial charge in [-0.25, -0.2) is 9.67 Å². The smallest absolute Gasteiger partial charge is 0.267 e. The highest BCUT2D eigenvalue weighted by Gasteiger charge is 2.16. The first-order valence-corrected chi connectivity index (χ1v) is 10.7. The number of amides is 1. The van der Waals surface area contributed by atoms with Crippen LogP contribution >= 0.6 is 0 Å². The molecule has 0 radical (unpaired) electrons. The van der Waals surface area contributed by atoms with Gasteiger partial charge in [-0.05, 0) is 37.0 Å². The molecule has 7 nitrogen and oxygen atoms in total. The largest absolute Gasteiger partial charge is 0.489 e. The lowest BCUT2D eigenvalue weighted by molar-refractivity contribution is -0.117. The van der Waals surface area contributed by atoms with E-state index in [1.54, 1.807) is 24.4 Å². The summed E-state index contributed by atoms with van der Waals surface area (Å²) in [5.74, 6) is 1.05. The van der Waals surface area contributed by atoms with Crippen molar-refractivity contribution in [2.45, 2.75) is 38.6 Å². The van der Waals surface area contributed by atoms with Gasteiger partial charge in [0.15, 0.2) is 11.6 Å². The first-order valence-electron chi connectivity index (χ1n) is 10.7. The maximum atomic E-state index is 12.6. The predicted octanol–water partition coefficient (Wildman–Crippen LogP) is 3.90. The SMILES string of the molecule is O=C(Cn1nc(-c2ccccc2)ccc1=O)Nc1ncccc1OCC1CCCCC1. The molecule has 0 saturated heterocycles. The maximum Gasteiger partial charge on any atom is 0.267 e. The Kier molecular flexibility index (Phi) is 6.72. The topological polar surface area (TPSA) is 86.1 Å². The average molecular weight is 418 g/mol. The van der Waals surface area contributed by atoms with E-state index in [2.05, 4.69) is 15.4 Å². The highest BCUT2D eigenvalue weighted by Crippen LogP contribution is 2.27. The molecule has 0 spiro atoms. The van der Waals surface area contributed by atoms with Crippen LogP contribution in [0.2, 0.25) is 0 Å². The molecule has 1 aromatic carbocycles. The Bertz CT molecular complexity index is 1080. The van der Waals surface area contributed by atoms with Gasteiger partial charge in [-0.3, -0.25) is 9.59 Å². The molecule has 1 fully saturated rings. The summed E-state index contributed by atoms with van der Waals surface area (Å²) in [7, 11) is 0. The van der Waals surface area contributed by atoms with Crippen molar-refractivity contribution in [2.24, 2.45) is 5.92 Å². The molecule has 1 saturated carbocycles. The molecule has 7 heteroatoms. The Morgan fingerprint density at radius 2 is 1.84 bits per heavy atom. The van der Waals surface area contributed by atoms with Crippen molar-refractivity contribution in [1.82, 2.24) is 14.8 Å². The van der Waals surface area contributed by atoms with E-state index in [0.29, 0.717) is 29.8 Å². The fourth-order valence-electron chi connectivity index (χ4n) is 3.80. The maximum absolute atomic E-state index is 12.6. The van der Waals surface area contributed by atoms with Crippen LogP contribution in [0.25, 0.3) is 11.3 Å². The van der Waals surface area contributed by atoms with Crippen molar-refractivity contribution in [2.75, 3.05) is 11.9 Å². The first kappa shape index (κ1) is 20.8. The van der Waals surface area contributed by atoms with Crippen molar-refractivity contribution in [3.63, 3.8) is 0 Å². The molecule has 4 rings (SSSR count). The lowest BCUT2D eigenvalue weighted by atomic mass is 9.90. The summed E-state index contributed by atoms with van der Waals surface area (Å²) in [6, 6.07) is 16.2. The van der Waals surface area contributed by atoms with Crippen LogP contribution in [0.5, 0.6) is 5.75 Å². The van der Waals surface area contributed by atoms with Crippen LogP contribution < -0.4 is 15.6 Å². The summed E-state index contributed by atoms with van der Waals surface area (Å²) in [6.45, 7) is 0.410. The van der Waals surface area contributed by atoms with E-state index in [1.807, 2.05) is 30.3 Å². The Labute approximate surface area is 181 Å². The third-order valence-corrected chi connectivity index (χ3v) is 5.46. The third-order valence-electron chi connectivity index (χ3n) is 5.46. The molecule has 0 aliphatic heterocycles. The molecular weight excluding hydrogens is 392 g/mol. The highest BCUT2D eigenvalue weighted by molar-refractivity contribution is 5.90. The number of ether oxygens (including phenoxy) is 1. The number of hydrogen-bond donors (Lipinski definition) is 1. The fraction of sp³-hybridized carbons (Fsp3) is 0.333. The Morgan fingerprint density at radius 1 is 1.03 bits per heavy atom. The second kappa shape index (κ2) is 10.0. The van der Waals surface area contributed by atoms with Gasteiger partial charge in [-0.15, -0.1) is 0 Å². The minimum atomic E-state index is -0.388. The number of hydrogen-bond acceptors (Lipinski definition) is 5. The first-order chi connectivity index (χ1) is 15.2. The summed E-state index contributed by atoms with van der Waals surface area (Å²) in [5, 5.41) is 7.09. The molecular formula is C24H26N4O3. The lowest BCUT2D eigenvalue weighted by Crippen LogP contribution is -2.29. The molecule has 2 heterocycles.